The Labute approximate surface area is 335 Å². The van der Waals surface area contributed by atoms with Gasteiger partial charge in [0.2, 0.25) is 15.9 Å². The molecule has 4 aromatic carbocycles. The number of carbonyl (C=O) groups excluding carboxylic acids is 4. The van der Waals surface area contributed by atoms with Gasteiger partial charge in [-0.2, -0.15) is 0 Å². The number of aromatic nitrogens is 1. The lowest BCUT2D eigenvalue weighted by Crippen LogP contribution is -2.52. The summed E-state index contributed by atoms with van der Waals surface area (Å²) < 4.78 is 40.8. The first-order chi connectivity index (χ1) is 27.9. The van der Waals surface area contributed by atoms with Gasteiger partial charge in [0.1, 0.15) is 12.3 Å². The van der Waals surface area contributed by atoms with Crippen LogP contribution in [0.1, 0.15) is 49.3 Å². The molecule has 5 amide bonds. The number of anilines is 1. The van der Waals surface area contributed by atoms with Crippen LogP contribution in [0.25, 0.3) is 21.9 Å². The molecule has 58 heavy (non-hydrogen) atoms. The van der Waals surface area contributed by atoms with Crippen LogP contribution in [0.4, 0.5) is 10.5 Å². The van der Waals surface area contributed by atoms with Gasteiger partial charge in [-0.1, -0.05) is 53.7 Å². The highest BCUT2D eigenvalue weighted by molar-refractivity contribution is 7.89. The number of fused-ring (bicyclic) bond motifs is 1. The largest absolute Gasteiger partial charge is 0.379 e. The molecule has 4 heterocycles. The van der Waals surface area contributed by atoms with E-state index in [1.807, 2.05) is 62.4 Å². The number of sulfonamides is 1. The topological polar surface area (TPSA) is 175 Å². The summed E-state index contributed by atoms with van der Waals surface area (Å²) in [6.45, 7) is 6.50. The normalized spacial score (nSPS) is 17.3. The quantitative estimate of drug-likeness (QED) is 0.138. The summed E-state index contributed by atoms with van der Waals surface area (Å²) in [7, 11) is -2.50. The highest BCUT2D eigenvalue weighted by Gasteiger charge is 2.39. The summed E-state index contributed by atoms with van der Waals surface area (Å²) in [6, 6.07) is 21.9. The van der Waals surface area contributed by atoms with Crippen molar-refractivity contribution in [3.05, 3.63) is 113 Å². The Morgan fingerprint density at radius 2 is 1.62 bits per heavy atom. The zero-order chi connectivity index (χ0) is 40.7. The molecule has 5 aromatic rings. The predicted octanol–water partition coefficient (Wildman–Crippen LogP) is 4.10. The highest BCUT2D eigenvalue weighted by Crippen LogP contribution is 2.43. The summed E-state index contributed by atoms with van der Waals surface area (Å²) in [5.41, 5.74) is 5.30. The van der Waals surface area contributed by atoms with E-state index in [-0.39, 0.29) is 53.6 Å². The molecule has 0 saturated carbocycles. The second-order valence-corrected chi connectivity index (χ2v) is 16.3. The van der Waals surface area contributed by atoms with Gasteiger partial charge < -0.3 is 19.5 Å². The van der Waals surface area contributed by atoms with Gasteiger partial charge in [0.15, 0.2) is 0 Å². The average Bonchev–Trinajstić information content (AvgIpc) is 3.57. The fourth-order valence-corrected chi connectivity index (χ4v) is 9.39. The SMILES string of the molecule is Cc1noc(C)c1-c1ccc2c(c1)C(c1ccccc1)N(CC(=O)NCCNS(=O)(=O)c1ccc3c4c(cccc14)C(=O)N(CCN1CCOCC1)C3=O)C(=O)N2C. The number of nitrogens with one attached hydrogen (secondary N) is 2. The Hall–Kier alpha value is -5.94. The molecule has 1 saturated heterocycles. The number of nitrogens with zero attached hydrogens (tertiary/aromatic N) is 5. The molecule has 0 spiro atoms. The number of imide groups is 1. The van der Waals surface area contributed by atoms with E-state index in [9.17, 15) is 27.6 Å². The molecular weight excluding hydrogens is 763 g/mol. The summed E-state index contributed by atoms with van der Waals surface area (Å²) in [5.74, 6) is -0.765. The van der Waals surface area contributed by atoms with Gasteiger partial charge in [0.05, 0.1) is 35.5 Å². The Balaban J connectivity index is 0.960. The first kappa shape index (κ1) is 38.9. The summed E-state index contributed by atoms with van der Waals surface area (Å²) >= 11 is 0. The average molecular weight is 806 g/mol. The number of hydrogen-bond donors (Lipinski definition) is 2. The molecule has 0 aliphatic carbocycles. The minimum Gasteiger partial charge on any atom is -0.379 e. The zero-order valence-electron chi connectivity index (χ0n) is 32.4. The highest BCUT2D eigenvalue weighted by atomic mass is 32.2. The van der Waals surface area contributed by atoms with Crippen LogP contribution >= 0.6 is 0 Å². The Kier molecular flexibility index (Phi) is 10.6. The minimum atomic E-state index is -4.16. The van der Waals surface area contributed by atoms with Gasteiger partial charge in [-0.05, 0) is 55.3 Å². The van der Waals surface area contributed by atoms with E-state index in [0.29, 0.717) is 49.7 Å². The maximum atomic E-state index is 13.9. The van der Waals surface area contributed by atoms with Gasteiger partial charge in [-0.3, -0.25) is 29.1 Å². The smallest absolute Gasteiger partial charge is 0.325 e. The van der Waals surface area contributed by atoms with Crippen molar-refractivity contribution in [2.24, 2.45) is 0 Å². The molecule has 3 aliphatic heterocycles. The van der Waals surface area contributed by atoms with Crippen molar-refractivity contribution in [1.29, 1.82) is 0 Å². The van der Waals surface area contributed by atoms with Crippen molar-refractivity contribution in [3.63, 3.8) is 0 Å². The molecule has 8 rings (SSSR count). The number of urea groups is 1. The standard InChI is InChI=1S/C42H43N7O8S/c1-26-37(27(2)57-45-26)29-12-14-34-33(24-29)39(28-8-5-4-6-9-28)49(42(53)46(34)3)25-36(50)43-16-17-44-58(54,55)35-15-13-32-38-30(35)10-7-11-31(38)40(51)48(41(32)52)19-18-47-20-22-56-23-21-47/h4-15,24,39,44H,16-23,25H2,1-3H3,(H,43,50). The van der Waals surface area contributed by atoms with Crippen LogP contribution in [0.5, 0.6) is 0 Å². The van der Waals surface area contributed by atoms with E-state index < -0.39 is 33.8 Å². The lowest BCUT2D eigenvalue weighted by atomic mass is 9.90. The van der Waals surface area contributed by atoms with Gasteiger partial charge in [-0.25, -0.2) is 17.9 Å². The fraction of sp³-hybridized carbons (Fsp3) is 0.310. The van der Waals surface area contributed by atoms with E-state index in [0.717, 1.165) is 27.9 Å². The number of ether oxygens (including phenoxy) is 1. The molecule has 0 bridgehead atoms. The predicted molar refractivity (Wildman–Crippen MR) is 215 cm³/mol. The lowest BCUT2D eigenvalue weighted by molar-refractivity contribution is -0.121. The van der Waals surface area contributed by atoms with Crippen LogP contribution in [0.2, 0.25) is 0 Å². The van der Waals surface area contributed by atoms with Crippen molar-refractivity contribution >= 4 is 50.2 Å². The molecule has 1 atom stereocenters. The Morgan fingerprint density at radius 3 is 2.34 bits per heavy atom. The van der Waals surface area contributed by atoms with Crippen molar-refractivity contribution in [2.75, 3.05) is 71.0 Å². The minimum absolute atomic E-state index is 0.0743. The van der Waals surface area contributed by atoms with Crippen molar-refractivity contribution in [2.45, 2.75) is 24.8 Å². The first-order valence-electron chi connectivity index (χ1n) is 19.1. The second kappa shape index (κ2) is 15.8. The maximum Gasteiger partial charge on any atom is 0.325 e. The van der Waals surface area contributed by atoms with Crippen LogP contribution in [-0.2, 0) is 19.6 Å². The van der Waals surface area contributed by atoms with Crippen molar-refractivity contribution in [3.8, 4) is 11.1 Å². The summed E-state index contributed by atoms with van der Waals surface area (Å²) in [4.78, 5) is 60.8. The van der Waals surface area contributed by atoms with E-state index in [2.05, 4.69) is 20.1 Å². The van der Waals surface area contributed by atoms with Crippen molar-refractivity contribution in [1.82, 2.24) is 29.9 Å². The zero-order valence-corrected chi connectivity index (χ0v) is 33.2. The first-order valence-corrected chi connectivity index (χ1v) is 20.6. The maximum absolute atomic E-state index is 13.9. The van der Waals surface area contributed by atoms with Gasteiger partial charge in [-0.15, -0.1) is 0 Å². The van der Waals surface area contributed by atoms with Gasteiger partial charge >= 0.3 is 6.03 Å². The number of carbonyl (C=O) groups is 4. The fourth-order valence-electron chi connectivity index (χ4n) is 8.16. The molecule has 15 nitrogen and oxygen atoms in total. The van der Waals surface area contributed by atoms with Crippen LogP contribution in [0.3, 0.4) is 0 Å². The van der Waals surface area contributed by atoms with E-state index in [1.54, 1.807) is 25.2 Å². The number of rotatable bonds is 12. The number of amides is 5. The molecule has 1 aromatic heterocycles. The monoisotopic (exact) mass is 805 g/mol. The van der Waals surface area contributed by atoms with E-state index in [1.165, 1.54) is 26.8 Å². The van der Waals surface area contributed by atoms with Crippen molar-refractivity contribution < 1.29 is 36.9 Å². The van der Waals surface area contributed by atoms with Gasteiger partial charge in [0, 0.05) is 79.3 Å². The van der Waals surface area contributed by atoms with Gasteiger partial charge in [0.25, 0.3) is 11.8 Å². The number of morpholine rings is 1. The molecule has 300 valence electrons. The molecule has 2 N–H and O–H groups in total. The number of benzene rings is 4. The third-order valence-electron chi connectivity index (χ3n) is 11.0. The van der Waals surface area contributed by atoms with E-state index >= 15 is 0 Å². The second-order valence-electron chi connectivity index (χ2n) is 14.6. The van der Waals surface area contributed by atoms with Crippen LogP contribution in [0.15, 0.2) is 88.3 Å². The number of aryl methyl sites for hydroxylation is 2. The molecular formula is C42H43N7O8S. The Morgan fingerprint density at radius 1 is 0.879 bits per heavy atom. The third-order valence-corrected chi connectivity index (χ3v) is 12.5. The molecule has 1 fully saturated rings. The van der Waals surface area contributed by atoms with Crippen LogP contribution in [-0.4, -0.2) is 118 Å². The molecule has 3 aliphatic rings. The molecule has 1 unspecified atom stereocenters. The Bertz CT molecular complexity index is 2510. The molecule has 16 heteroatoms. The summed E-state index contributed by atoms with van der Waals surface area (Å²) in [6.07, 6.45) is 0. The van der Waals surface area contributed by atoms with Crippen LogP contribution < -0.4 is 14.9 Å². The lowest BCUT2D eigenvalue weighted by Gasteiger charge is -2.41. The third kappa shape index (κ3) is 7.12. The van der Waals surface area contributed by atoms with E-state index in [4.69, 9.17) is 9.26 Å². The number of hydrogen-bond acceptors (Lipinski definition) is 10. The summed E-state index contributed by atoms with van der Waals surface area (Å²) in [5, 5.41) is 7.40. The van der Waals surface area contributed by atoms with Crippen LogP contribution in [0, 0.1) is 13.8 Å². The molecule has 0 radical (unpaired) electrons.